The number of carbonyl (C=O) groups is 1. The lowest BCUT2D eigenvalue weighted by Crippen LogP contribution is -2.49. The molecule has 0 aliphatic heterocycles. The van der Waals surface area contributed by atoms with E-state index in [1.165, 1.54) is 26.4 Å². The summed E-state index contributed by atoms with van der Waals surface area (Å²) in [5.41, 5.74) is 0.0503. The second-order valence-electron chi connectivity index (χ2n) is 10.5. The molecule has 1 amide bonds. The van der Waals surface area contributed by atoms with Crippen LogP contribution in [0.5, 0.6) is 0 Å². The maximum atomic E-state index is 11.7. The molecule has 2 atom stereocenters. The van der Waals surface area contributed by atoms with Gasteiger partial charge in [-0.1, -0.05) is 40.0 Å². The lowest BCUT2D eigenvalue weighted by atomic mass is 9.79. The molecule has 36 heavy (non-hydrogen) atoms. The Balaban J connectivity index is 4.33. The molecular formula is C27H58N4O4Si. The predicted molar refractivity (Wildman–Crippen MR) is 154 cm³/mol. The van der Waals surface area contributed by atoms with Gasteiger partial charge in [-0.15, -0.1) is 0 Å². The maximum Gasteiger partial charge on any atom is 0.407 e. The van der Waals surface area contributed by atoms with Gasteiger partial charge in [0.15, 0.2) is 0 Å². The Morgan fingerprint density at radius 1 is 1.08 bits per heavy atom. The van der Waals surface area contributed by atoms with Crippen molar-refractivity contribution < 1.29 is 18.4 Å². The fourth-order valence-electron chi connectivity index (χ4n) is 4.77. The monoisotopic (exact) mass is 530 g/mol. The van der Waals surface area contributed by atoms with Crippen LogP contribution in [0.3, 0.4) is 0 Å². The number of aliphatic imine (C=N–C) groups is 1. The zero-order valence-corrected chi connectivity index (χ0v) is 26.0. The SMILES string of the molecule is CCCC(C)(CN=C(C)NCCCCCCN(C)C[Si](C)(OCC)OCC)CC(CC)NC(=O)OC. The van der Waals surface area contributed by atoms with Crippen molar-refractivity contribution in [3.05, 3.63) is 0 Å². The normalized spacial score (nSPS) is 15.0. The number of amides is 1. The molecule has 2 N–H and O–H groups in total. The van der Waals surface area contributed by atoms with Crippen LogP contribution in [-0.4, -0.2) is 84.6 Å². The summed E-state index contributed by atoms with van der Waals surface area (Å²) in [5, 5.41) is 6.45. The van der Waals surface area contributed by atoms with E-state index >= 15 is 0 Å². The molecule has 0 saturated heterocycles. The number of carbonyl (C=O) groups excluding carboxylic acids is 1. The number of amidine groups is 1. The highest BCUT2D eigenvalue weighted by Crippen LogP contribution is 2.30. The molecule has 0 radical (unpaired) electrons. The fraction of sp³-hybridized carbons (Fsp3) is 0.926. The Hall–Kier alpha value is -1.16. The maximum absolute atomic E-state index is 11.7. The van der Waals surface area contributed by atoms with Crippen molar-refractivity contribution in [3.8, 4) is 0 Å². The quantitative estimate of drug-likeness (QED) is 0.0882. The van der Waals surface area contributed by atoms with Crippen LogP contribution < -0.4 is 10.6 Å². The van der Waals surface area contributed by atoms with Crippen LogP contribution in [-0.2, 0) is 13.6 Å². The number of hydrogen-bond acceptors (Lipinski definition) is 6. The molecule has 0 aromatic rings. The molecule has 0 rings (SSSR count). The first-order chi connectivity index (χ1) is 17.1. The Morgan fingerprint density at radius 2 is 1.72 bits per heavy atom. The number of hydrogen-bond donors (Lipinski definition) is 2. The minimum absolute atomic E-state index is 0.0503. The Labute approximate surface area is 223 Å². The van der Waals surface area contributed by atoms with E-state index in [1.807, 2.05) is 13.8 Å². The Kier molecular flexibility index (Phi) is 19.2. The molecule has 0 saturated carbocycles. The average molecular weight is 531 g/mol. The minimum atomic E-state index is -2.08. The number of rotatable bonds is 21. The molecule has 0 aliphatic carbocycles. The van der Waals surface area contributed by atoms with E-state index in [1.54, 1.807) is 0 Å². The van der Waals surface area contributed by atoms with Crippen molar-refractivity contribution >= 4 is 20.5 Å². The summed E-state index contributed by atoms with van der Waals surface area (Å²) in [6.45, 7) is 19.1. The molecule has 8 nitrogen and oxygen atoms in total. The van der Waals surface area contributed by atoms with Crippen LogP contribution in [0.15, 0.2) is 4.99 Å². The molecule has 0 aromatic carbocycles. The number of unbranched alkanes of at least 4 members (excludes halogenated alkanes) is 3. The van der Waals surface area contributed by atoms with Gasteiger partial charge in [-0.25, -0.2) is 4.79 Å². The van der Waals surface area contributed by atoms with Crippen molar-refractivity contribution in [3.63, 3.8) is 0 Å². The van der Waals surface area contributed by atoms with Crippen LogP contribution >= 0.6 is 0 Å². The number of nitrogens with zero attached hydrogens (tertiary/aromatic N) is 2. The van der Waals surface area contributed by atoms with E-state index in [-0.39, 0.29) is 17.6 Å². The third-order valence-electron chi connectivity index (χ3n) is 6.59. The number of methoxy groups -OCH3 is 1. The molecule has 0 fully saturated rings. The van der Waals surface area contributed by atoms with Crippen molar-refractivity contribution in [2.75, 3.05) is 53.2 Å². The lowest BCUT2D eigenvalue weighted by molar-refractivity contribution is 0.158. The Morgan fingerprint density at radius 3 is 2.28 bits per heavy atom. The molecular weight excluding hydrogens is 472 g/mol. The third-order valence-corrected chi connectivity index (χ3v) is 9.51. The minimum Gasteiger partial charge on any atom is -0.453 e. The van der Waals surface area contributed by atoms with Gasteiger partial charge in [-0.3, -0.25) is 4.99 Å². The molecule has 0 spiro atoms. The zero-order valence-electron chi connectivity index (χ0n) is 25.0. The molecule has 9 heteroatoms. The first kappa shape index (κ1) is 34.8. The molecule has 2 unspecified atom stereocenters. The highest BCUT2D eigenvalue weighted by Gasteiger charge is 2.32. The first-order valence-electron chi connectivity index (χ1n) is 14.1. The second kappa shape index (κ2) is 19.9. The second-order valence-corrected chi connectivity index (χ2v) is 13.6. The van der Waals surface area contributed by atoms with Gasteiger partial charge >= 0.3 is 14.7 Å². The number of alkyl carbamates (subject to hydrolysis) is 1. The molecule has 214 valence electrons. The first-order valence-corrected chi connectivity index (χ1v) is 16.6. The summed E-state index contributed by atoms with van der Waals surface area (Å²) < 4.78 is 16.7. The molecule has 0 aromatic heterocycles. The standard InChI is InChI=1S/C27H58N4O4Si/c1-10-18-27(6,21-25(11-2)30-26(32)33-8)22-29-24(5)28-19-16-14-15-17-20-31(7)23-36(9,34-12-3)35-13-4/h25H,10-23H2,1-9H3,(H,28,29)(H,30,32). The topological polar surface area (TPSA) is 84.4 Å². The van der Waals surface area contributed by atoms with Gasteiger partial charge in [-0.2, -0.15) is 0 Å². The number of ether oxygens (including phenoxy) is 1. The summed E-state index contributed by atoms with van der Waals surface area (Å²) in [6.07, 6.45) is 9.29. The van der Waals surface area contributed by atoms with Crippen LogP contribution in [0.4, 0.5) is 4.79 Å². The van der Waals surface area contributed by atoms with Crippen LogP contribution in [0.2, 0.25) is 6.55 Å². The summed E-state index contributed by atoms with van der Waals surface area (Å²) >= 11 is 0. The van der Waals surface area contributed by atoms with E-state index in [2.05, 4.69) is 56.8 Å². The van der Waals surface area contributed by atoms with Gasteiger partial charge in [0.1, 0.15) is 0 Å². The Bertz CT molecular complexity index is 602. The van der Waals surface area contributed by atoms with Gasteiger partial charge in [0, 0.05) is 38.5 Å². The van der Waals surface area contributed by atoms with Crippen LogP contribution in [0.1, 0.15) is 92.9 Å². The third kappa shape index (κ3) is 16.6. The van der Waals surface area contributed by atoms with E-state index in [0.717, 1.165) is 77.0 Å². The van der Waals surface area contributed by atoms with E-state index in [4.69, 9.17) is 18.6 Å². The van der Waals surface area contributed by atoms with Crippen molar-refractivity contribution in [2.45, 2.75) is 105 Å². The van der Waals surface area contributed by atoms with E-state index in [9.17, 15) is 4.79 Å². The van der Waals surface area contributed by atoms with Crippen molar-refractivity contribution in [1.82, 2.24) is 15.5 Å². The molecule has 0 bridgehead atoms. The number of nitrogens with one attached hydrogen (secondary N) is 2. The van der Waals surface area contributed by atoms with Gasteiger partial charge in [0.2, 0.25) is 0 Å². The van der Waals surface area contributed by atoms with Gasteiger partial charge in [-0.05, 0) is 78.4 Å². The highest BCUT2D eigenvalue weighted by molar-refractivity contribution is 6.66. The van der Waals surface area contributed by atoms with Crippen molar-refractivity contribution in [2.24, 2.45) is 10.4 Å². The largest absolute Gasteiger partial charge is 0.453 e. The summed E-state index contributed by atoms with van der Waals surface area (Å²) in [5.74, 6) is 1.00. The van der Waals surface area contributed by atoms with E-state index in [0.29, 0.717) is 0 Å². The predicted octanol–water partition coefficient (Wildman–Crippen LogP) is 5.50. The molecule has 0 heterocycles. The van der Waals surface area contributed by atoms with E-state index < -0.39 is 8.56 Å². The highest BCUT2D eigenvalue weighted by atomic mass is 28.4. The van der Waals surface area contributed by atoms with Gasteiger partial charge < -0.3 is 29.1 Å². The summed E-state index contributed by atoms with van der Waals surface area (Å²) in [6, 6.07) is 0.103. The van der Waals surface area contributed by atoms with Crippen LogP contribution in [0.25, 0.3) is 0 Å². The fourth-order valence-corrected chi connectivity index (χ4v) is 7.40. The average Bonchev–Trinajstić information content (AvgIpc) is 2.81. The summed E-state index contributed by atoms with van der Waals surface area (Å²) in [7, 11) is 1.51. The zero-order chi connectivity index (χ0) is 27.5. The van der Waals surface area contributed by atoms with Crippen LogP contribution in [0, 0.1) is 5.41 Å². The van der Waals surface area contributed by atoms with Gasteiger partial charge in [0.05, 0.1) is 12.9 Å². The molecule has 0 aliphatic rings. The lowest BCUT2D eigenvalue weighted by Gasteiger charge is -2.32. The van der Waals surface area contributed by atoms with Gasteiger partial charge in [0.25, 0.3) is 0 Å². The van der Waals surface area contributed by atoms with Crippen molar-refractivity contribution in [1.29, 1.82) is 0 Å². The smallest absolute Gasteiger partial charge is 0.407 e. The summed E-state index contributed by atoms with van der Waals surface area (Å²) in [4.78, 5) is 18.9.